The Morgan fingerprint density at radius 1 is 1.40 bits per heavy atom. The fourth-order valence-corrected chi connectivity index (χ4v) is 3.06. The Kier molecular flexibility index (Phi) is 4.55. The molecule has 0 bridgehead atoms. The Morgan fingerprint density at radius 2 is 2.05 bits per heavy atom. The maximum Gasteiger partial charge on any atom is 0.148 e. The van der Waals surface area contributed by atoms with Gasteiger partial charge in [-0.1, -0.05) is 32.4 Å². The second-order valence-electron chi connectivity index (χ2n) is 6.94. The Labute approximate surface area is 126 Å². The predicted octanol–water partition coefficient (Wildman–Crippen LogP) is 3.51. The highest BCUT2D eigenvalue weighted by Gasteiger charge is 2.37. The number of halogens is 1. The van der Waals surface area contributed by atoms with E-state index in [1.54, 1.807) is 6.20 Å². The van der Waals surface area contributed by atoms with Crippen LogP contribution in [0, 0.1) is 11.3 Å². The van der Waals surface area contributed by atoms with Crippen LogP contribution in [0.2, 0.25) is 5.02 Å². The third-order valence-electron chi connectivity index (χ3n) is 4.39. The molecule has 1 aliphatic rings. The SMILES string of the molecule is CC(C)(C)C1CCC(O)(CNc2ncncc2Cl)CC1. The highest BCUT2D eigenvalue weighted by Crippen LogP contribution is 2.41. The van der Waals surface area contributed by atoms with E-state index in [9.17, 15) is 5.11 Å². The molecular weight excluding hydrogens is 274 g/mol. The molecule has 0 aliphatic heterocycles. The molecule has 2 N–H and O–H groups in total. The maximum atomic E-state index is 10.7. The summed E-state index contributed by atoms with van der Waals surface area (Å²) >= 11 is 6.00. The normalized spacial score (nSPS) is 27.4. The Bertz CT molecular complexity index is 451. The lowest BCUT2D eigenvalue weighted by molar-refractivity contribution is -0.0143. The first-order chi connectivity index (χ1) is 9.30. The van der Waals surface area contributed by atoms with Crippen molar-refractivity contribution in [3.05, 3.63) is 17.5 Å². The number of aromatic nitrogens is 2. The van der Waals surface area contributed by atoms with Crippen LogP contribution in [-0.2, 0) is 0 Å². The highest BCUT2D eigenvalue weighted by atomic mass is 35.5. The predicted molar refractivity (Wildman–Crippen MR) is 81.9 cm³/mol. The number of aliphatic hydroxyl groups is 1. The molecule has 0 spiro atoms. The van der Waals surface area contributed by atoms with Crippen molar-refractivity contribution in [2.45, 2.75) is 52.1 Å². The largest absolute Gasteiger partial charge is 0.388 e. The van der Waals surface area contributed by atoms with Crippen molar-refractivity contribution >= 4 is 17.4 Å². The van der Waals surface area contributed by atoms with E-state index in [-0.39, 0.29) is 0 Å². The van der Waals surface area contributed by atoms with Gasteiger partial charge in [0.2, 0.25) is 0 Å². The van der Waals surface area contributed by atoms with Gasteiger partial charge in [0.15, 0.2) is 0 Å². The molecule has 1 fully saturated rings. The Morgan fingerprint density at radius 3 is 2.60 bits per heavy atom. The summed E-state index contributed by atoms with van der Waals surface area (Å²) in [7, 11) is 0. The molecule has 0 saturated heterocycles. The number of hydrogen-bond donors (Lipinski definition) is 2. The van der Waals surface area contributed by atoms with E-state index in [4.69, 9.17) is 11.6 Å². The minimum absolute atomic E-state index is 0.324. The van der Waals surface area contributed by atoms with Crippen LogP contribution in [0.25, 0.3) is 0 Å². The number of hydrogen-bond acceptors (Lipinski definition) is 4. The van der Waals surface area contributed by atoms with Gasteiger partial charge < -0.3 is 10.4 Å². The fourth-order valence-electron chi connectivity index (χ4n) is 2.89. The summed E-state index contributed by atoms with van der Waals surface area (Å²) in [6, 6.07) is 0. The molecule has 0 aromatic carbocycles. The topological polar surface area (TPSA) is 58.0 Å². The van der Waals surface area contributed by atoms with Crippen LogP contribution in [0.4, 0.5) is 5.82 Å². The van der Waals surface area contributed by atoms with Crippen molar-refractivity contribution in [2.24, 2.45) is 11.3 Å². The summed E-state index contributed by atoms with van der Waals surface area (Å²) in [5.74, 6) is 1.28. The molecule has 0 unspecified atom stereocenters. The lowest BCUT2D eigenvalue weighted by atomic mass is 9.68. The molecule has 1 heterocycles. The van der Waals surface area contributed by atoms with Gasteiger partial charge in [-0.25, -0.2) is 9.97 Å². The monoisotopic (exact) mass is 297 g/mol. The second kappa shape index (κ2) is 5.86. The average molecular weight is 298 g/mol. The molecule has 1 aromatic rings. The molecule has 1 aromatic heterocycles. The van der Waals surface area contributed by atoms with Crippen LogP contribution < -0.4 is 5.32 Å². The van der Waals surface area contributed by atoms with Gasteiger partial charge in [-0.05, 0) is 37.0 Å². The highest BCUT2D eigenvalue weighted by molar-refractivity contribution is 6.32. The lowest BCUT2D eigenvalue weighted by Crippen LogP contribution is -2.42. The van der Waals surface area contributed by atoms with Crippen molar-refractivity contribution in [1.29, 1.82) is 0 Å². The van der Waals surface area contributed by atoms with Gasteiger partial charge in [-0.3, -0.25) is 0 Å². The first-order valence-corrected chi connectivity index (χ1v) is 7.60. The molecule has 0 atom stereocenters. The second-order valence-corrected chi connectivity index (χ2v) is 7.34. The van der Waals surface area contributed by atoms with Gasteiger partial charge in [-0.15, -0.1) is 0 Å². The third kappa shape index (κ3) is 3.83. The van der Waals surface area contributed by atoms with E-state index in [0.29, 0.717) is 28.7 Å². The molecule has 112 valence electrons. The van der Waals surface area contributed by atoms with Gasteiger partial charge in [0.05, 0.1) is 11.8 Å². The molecule has 0 amide bonds. The molecule has 20 heavy (non-hydrogen) atoms. The van der Waals surface area contributed by atoms with Crippen LogP contribution in [0.3, 0.4) is 0 Å². The van der Waals surface area contributed by atoms with Crippen LogP contribution in [0.5, 0.6) is 0 Å². The molecule has 1 saturated carbocycles. The summed E-state index contributed by atoms with van der Waals surface area (Å²) in [5.41, 5.74) is -0.333. The van der Waals surface area contributed by atoms with Crippen molar-refractivity contribution in [1.82, 2.24) is 9.97 Å². The lowest BCUT2D eigenvalue weighted by Gasteiger charge is -2.41. The Balaban J connectivity index is 1.90. The van der Waals surface area contributed by atoms with Crippen molar-refractivity contribution in [3.8, 4) is 0 Å². The smallest absolute Gasteiger partial charge is 0.148 e. The summed E-state index contributed by atoms with van der Waals surface area (Å²) in [5, 5.41) is 14.3. The van der Waals surface area contributed by atoms with Crippen molar-refractivity contribution < 1.29 is 5.11 Å². The molecule has 0 radical (unpaired) electrons. The third-order valence-corrected chi connectivity index (χ3v) is 4.67. The van der Waals surface area contributed by atoms with Gasteiger partial charge >= 0.3 is 0 Å². The number of nitrogens with one attached hydrogen (secondary N) is 1. The van der Waals surface area contributed by atoms with Crippen LogP contribution in [-0.4, -0.2) is 27.2 Å². The standard InChI is InChI=1S/C15H24ClN3O/c1-14(2,3)11-4-6-15(20,7-5-11)9-18-13-12(16)8-17-10-19-13/h8,10-11,20H,4-7,9H2,1-3H3,(H,17,18,19). The first kappa shape index (κ1) is 15.5. The molecule has 1 aliphatic carbocycles. The average Bonchev–Trinajstić information content (AvgIpc) is 2.37. The zero-order valence-corrected chi connectivity index (χ0v) is 13.2. The maximum absolute atomic E-state index is 10.7. The summed E-state index contributed by atoms with van der Waals surface area (Å²) in [4.78, 5) is 7.93. The first-order valence-electron chi connectivity index (χ1n) is 7.22. The molecule has 5 heteroatoms. The van der Waals surface area contributed by atoms with Crippen molar-refractivity contribution in [3.63, 3.8) is 0 Å². The van der Waals surface area contributed by atoms with E-state index in [2.05, 4.69) is 36.1 Å². The summed E-state index contributed by atoms with van der Waals surface area (Å²) in [6.07, 6.45) is 6.79. The zero-order valence-electron chi connectivity index (χ0n) is 12.5. The van der Waals surface area contributed by atoms with Crippen LogP contribution in [0.1, 0.15) is 46.5 Å². The molecule has 2 rings (SSSR count). The molecular formula is C15H24ClN3O. The van der Waals surface area contributed by atoms with E-state index in [0.717, 1.165) is 25.7 Å². The minimum atomic E-state index is -0.657. The molecule has 4 nitrogen and oxygen atoms in total. The van der Waals surface area contributed by atoms with E-state index < -0.39 is 5.60 Å². The van der Waals surface area contributed by atoms with Gasteiger partial charge in [0.25, 0.3) is 0 Å². The van der Waals surface area contributed by atoms with E-state index >= 15 is 0 Å². The zero-order chi connectivity index (χ0) is 14.8. The summed E-state index contributed by atoms with van der Waals surface area (Å²) in [6.45, 7) is 7.32. The summed E-state index contributed by atoms with van der Waals surface area (Å²) < 4.78 is 0. The number of rotatable bonds is 3. The van der Waals surface area contributed by atoms with Crippen LogP contribution in [0.15, 0.2) is 12.5 Å². The van der Waals surface area contributed by atoms with Gasteiger partial charge in [-0.2, -0.15) is 0 Å². The fraction of sp³-hybridized carbons (Fsp3) is 0.733. The van der Waals surface area contributed by atoms with Gasteiger partial charge in [0.1, 0.15) is 17.2 Å². The minimum Gasteiger partial charge on any atom is -0.388 e. The van der Waals surface area contributed by atoms with Crippen LogP contribution >= 0.6 is 11.6 Å². The van der Waals surface area contributed by atoms with Gasteiger partial charge in [0, 0.05) is 6.54 Å². The quantitative estimate of drug-likeness (QED) is 0.896. The van der Waals surface area contributed by atoms with E-state index in [1.165, 1.54) is 6.33 Å². The van der Waals surface area contributed by atoms with Crippen molar-refractivity contribution in [2.75, 3.05) is 11.9 Å². The number of anilines is 1. The number of nitrogens with zero attached hydrogens (tertiary/aromatic N) is 2. The van der Waals surface area contributed by atoms with E-state index in [1.807, 2.05) is 0 Å². The Hall–Kier alpha value is -0.870.